The van der Waals surface area contributed by atoms with Gasteiger partial charge in [0.05, 0.1) is 10.2 Å². The van der Waals surface area contributed by atoms with E-state index >= 15 is 0 Å². The summed E-state index contributed by atoms with van der Waals surface area (Å²) in [6.45, 7) is 0.957. The molecule has 0 spiro atoms. The van der Waals surface area contributed by atoms with Gasteiger partial charge in [-0.05, 0) is 18.6 Å². The van der Waals surface area contributed by atoms with Crippen LogP contribution in [0.25, 0.3) is 10.2 Å². The molecule has 98 valence electrons. The van der Waals surface area contributed by atoms with Crippen LogP contribution in [-0.4, -0.2) is 22.3 Å². The molecule has 3 nitrogen and oxygen atoms in total. The number of hydrogen-bond donors (Lipinski definition) is 1. The van der Waals surface area contributed by atoms with E-state index in [1.165, 1.54) is 4.70 Å². The summed E-state index contributed by atoms with van der Waals surface area (Å²) in [6, 6.07) is 8.23. The fourth-order valence-electron chi connectivity index (χ4n) is 1.66. The van der Waals surface area contributed by atoms with Crippen LogP contribution in [0, 0.1) is 0 Å². The van der Waals surface area contributed by atoms with Crippen LogP contribution >= 0.6 is 34.4 Å². The molecule has 0 radical (unpaired) electrons. The second kappa shape index (κ2) is 6.36. The van der Waals surface area contributed by atoms with Crippen molar-refractivity contribution in [3.8, 4) is 0 Å². The van der Waals surface area contributed by atoms with E-state index in [9.17, 15) is 0 Å². The van der Waals surface area contributed by atoms with Crippen molar-refractivity contribution in [2.75, 3.05) is 17.6 Å². The normalized spacial score (nSPS) is 10.9. The van der Waals surface area contributed by atoms with E-state index in [4.69, 9.17) is 0 Å². The number of aromatic nitrogens is 2. The molecule has 0 aliphatic carbocycles. The summed E-state index contributed by atoms with van der Waals surface area (Å²) in [5.41, 5.74) is 1.08. The number of rotatable bonds is 6. The molecule has 3 aromatic rings. The highest BCUT2D eigenvalue weighted by molar-refractivity contribution is 8.00. The van der Waals surface area contributed by atoms with Gasteiger partial charge in [-0.1, -0.05) is 35.2 Å². The molecule has 3 rings (SSSR count). The second-order valence-corrected chi connectivity index (χ2v) is 7.18. The van der Waals surface area contributed by atoms with E-state index in [-0.39, 0.29) is 0 Å². The number of benzene rings is 1. The number of hydrogen-bond acceptors (Lipinski definition) is 6. The van der Waals surface area contributed by atoms with Gasteiger partial charge in [0.15, 0.2) is 5.13 Å². The van der Waals surface area contributed by atoms with E-state index in [1.54, 1.807) is 22.7 Å². The van der Waals surface area contributed by atoms with Crippen LogP contribution in [0.1, 0.15) is 6.42 Å². The predicted molar refractivity (Wildman–Crippen MR) is 85.6 cm³/mol. The molecule has 0 saturated carbocycles. The molecule has 0 unspecified atom stereocenters. The third-order valence-corrected chi connectivity index (χ3v) is 5.57. The number of thiazole rings is 2. The molecule has 2 heterocycles. The Balaban J connectivity index is 1.44. The first-order valence-electron chi connectivity index (χ1n) is 6.03. The highest BCUT2D eigenvalue weighted by Gasteiger charge is 2.02. The monoisotopic (exact) mass is 307 g/mol. The summed E-state index contributed by atoms with van der Waals surface area (Å²) in [6.07, 6.45) is 2.96. The Morgan fingerprint density at radius 2 is 2.21 bits per heavy atom. The van der Waals surface area contributed by atoms with E-state index in [2.05, 4.69) is 33.5 Å². The molecule has 1 aromatic carbocycles. The Kier molecular flexibility index (Phi) is 4.32. The quantitative estimate of drug-likeness (QED) is 0.543. The van der Waals surface area contributed by atoms with Crippen molar-refractivity contribution < 1.29 is 0 Å². The first-order valence-corrected chi connectivity index (χ1v) is 8.72. The van der Waals surface area contributed by atoms with Crippen molar-refractivity contribution in [3.05, 3.63) is 35.8 Å². The Morgan fingerprint density at radius 1 is 1.26 bits per heavy atom. The summed E-state index contributed by atoms with van der Waals surface area (Å²) in [5.74, 6) is 1.09. The molecule has 0 bridgehead atoms. The van der Waals surface area contributed by atoms with E-state index in [1.807, 2.05) is 29.4 Å². The van der Waals surface area contributed by atoms with Gasteiger partial charge in [-0.15, -0.1) is 11.3 Å². The lowest BCUT2D eigenvalue weighted by molar-refractivity contribution is 0.988. The summed E-state index contributed by atoms with van der Waals surface area (Å²) in [5, 5.41) is 6.42. The van der Waals surface area contributed by atoms with Crippen molar-refractivity contribution >= 4 is 49.8 Å². The Morgan fingerprint density at radius 3 is 3.05 bits per heavy atom. The molecule has 0 saturated heterocycles. The maximum Gasteiger partial charge on any atom is 0.183 e. The molecule has 0 fully saturated rings. The number of anilines is 1. The fraction of sp³-hybridized carbons (Fsp3) is 0.231. The van der Waals surface area contributed by atoms with Crippen molar-refractivity contribution in [3.63, 3.8) is 0 Å². The van der Waals surface area contributed by atoms with E-state index < -0.39 is 0 Å². The van der Waals surface area contributed by atoms with Crippen LogP contribution in [0.15, 0.2) is 40.2 Å². The van der Waals surface area contributed by atoms with E-state index in [0.717, 1.165) is 33.7 Å². The minimum absolute atomic E-state index is 0.957. The standard InChI is InChI=1S/C13H13N3S3/c1-2-5-11-10(4-1)16-12(19-11)14-6-3-8-17-13-15-7-9-18-13/h1-2,4-5,7,9H,3,6,8H2,(H,14,16). The lowest BCUT2D eigenvalue weighted by Crippen LogP contribution is -2.01. The smallest absolute Gasteiger partial charge is 0.183 e. The van der Waals surface area contributed by atoms with Crippen LogP contribution in [0.3, 0.4) is 0 Å². The van der Waals surface area contributed by atoms with Gasteiger partial charge in [0.1, 0.15) is 4.34 Å². The molecule has 1 N–H and O–H groups in total. The molecule has 6 heteroatoms. The van der Waals surface area contributed by atoms with Crippen LogP contribution in [0.4, 0.5) is 5.13 Å². The number of para-hydroxylation sites is 1. The number of fused-ring (bicyclic) bond motifs is 1. The van der Waals surface area contributed by atoms with Gasteiger partial charge in [0, 0.05) is 23.9 Å². The maximum absolute atomic E-state index is 4.55. The number of nitrogens with zero attached hydrogens (tertiary/aromatic N) is 2. The van der Waals surface area contributed by atoms with Gasteiger partial charge in [-0.25, -0.2) is 9.97 Å². The van der Waals surface area contributed by atoms with Crippen molar-refractivity contribution in [2.45, 2.75) is 10.8 Å². The van der Waals surface area contributed by atoms with Gasteiger partial charge in [-0.3, -0.25) is 0 Å². The van der Waals surface area contributed by atoms with Crippen molar-refractivity contribution in [2.24, 2.45) is 0 Å². The molecule has 0 aliphatic rings. The SMILES string of the molecule is c1ccc2sc(NCCCSc3nccs3)nc2c1. The molecule has 2 aromatic heterocycles. The zero-order valence-electron chi connectivity index (χ0n) is 10.2. The predicted octanol–water partition coefficient (Wildman–Crippen LogP) is 4.35. The largest absolute Gasteiger partial charge is 0.361 e. The molecule has 0 amide bonds. The van der Waals surface area contributed by atoms with Crippen LogP contribution < -0.4 is 5.32 Å². The second-order valence-electron chi connectivity index (χ2n) is 3.91. The summed E-state index contributed by atoms with van der Waals surface area (Å²) >= 11 is 5.23. The van der Waals surface area contributed by atoms with Crippen molar-refractivity contribution in [1.82, 2.24) is 9.97 Å². The van der Waals surface area contributed by atoms with Crippen molar-refractivity contribution in [1.29, 1.82) is 0 Å². The molecular weight excluding hydrogens is 294 g/mol. The minimum Gasteiger partial charge on any atom is -0.361 e. The lowest BCUT2D eigenvalue weighted by atomic mass is 10.3. The highest BCUT2D eigenvalue weighted by Crippen LogP contribution is 2.25. The first kappa shape index (κ1) is 12.9. The molecule has 0 atom stereocenters. The zero-order valence-corrected chi connectivity index (χ0v) is 12.7. The van der Waals surface area contributed by atoms with E-state index in [0.29, 0.717) is 0 Å². The molecular formula is C13H13N3S3. The lowest BCUT2D eigenvalue weighted by Gasteiger charge is -2.00. The van der Waals surface area contributed by atoms with Crippen LogP contribution in [0.5, 0.6) is 0 Å². The average molecular weight is 307 g/mol. The Bertz CT molecular complexity index is 600. The van der Waals surface area contributed by atoms with Gasteiger partial charge < -0.3 is 5.32 Å². The summed E-state index contributed by atoms with van der Waals surface area (Å²) in [4.78, 5) is 8.80. The fourth-order valence-corrected chi connectivity index (χ4v) is 4.20. The van der Waals surface area contributed by atoms with Gasteiger partial charge in [0.25, 0.3) is 0 Å². The minimum atomic E-state index is 0.957. The maximum atomic E-state index is 4.55. The topological polar surface area (TPSA) is 37.8 Å². The highest BCUT2D eigenvalue weighted by atomic mass is 32.2. The average Bonchev–Trinajstić information content (AvgIpc) is 3.06. The number of nitrogens with one attached hydrogen (secondary N) is 1. The molecule has 19 heavy (non-hydrogen) atoms. The third kappa shape index (κ3) is 3.46. The summed E-state index contributed by atoms with van der Waals surface area (Å²) in [7, 11) is 0. The zero-order chi connectivity index (χ0) is 12.9. The van der Waals surface area contributed by atoms with Gasteiger partial charge in [0.2, 0.25) is 0 Å². The summed E-state index contributed by atoms with van der Waals surface area (Å²) < 4.78 is 2.39. The Labute approximate surface area is 124 Å². The van der Waals surface area contributed by atoms with Crippen LogP contribution in [0.2, 0.25) is 0 Å². The van der Waals surface area contributed by atoms with Gasteiger partial charge >= 0.3 is 0 Å². The molecule has 0 aliphatic heterocycles. The number of thioether (sulfide) groups is 1. The first-order chi connectivity index (χ1) is 9.42. The Hall–Kier alpha value is -1.11. The third-order valence-electron chi connectivity index (χ3n) is 2.53. The van der Waals surface area contributed by atoms with Crippen LogP contribution in [-0.2, 0) is 0 Å². The van der Waals surface area contributed by atoms with Gasteiger partial charge in [-0.2, -0.15) is 0 Å².